The molecule has 2 aliphatic heterocycles. The molecule has 1 atom stereocenters. The summed E-state index contributed by atoms with van der Waals surface area (Å²) in [6.45, 7) is -0.0189. The van der Waals surface area contributed by atoms with Crippen molar-refractivity contribution in [3.63, 3.8) is 0 Å². The first-order chi connectivity index (χ1) is 16.6. The molecule has 3 aromatic carbocycles. The van der Waals surface area contributed by atoms with Gasteiger partial charge in [-0.15, -0.1) is 0 Å². The quantitative estimate of drug-likeness (QED) is 0.544. The van der Waals surface area contributed by atoms with E-state index < -0.39 is 18.0 Å². The Morgan fingerprint density at radius 3 is 2.59 bits per heavy atom. The lowest BCUT2D eigenvalue weighted by atomic mass is 10.1. The Morgan fingerprint density at radius 2 is 1.74 bits per heavy atom. The van der Waals surface area contributed by atoms with E-state index in [1.165, 1.54) is 4.90 Å². The highest BCUT2D eigenvalue weighted by atomic mass is 16.7. The average molecular weight is 458 g/mol. The third kappa shape index (κ3) is 4.49. The van der Waals surface area contributed by atoms with Crippen molar-refractivity contribution in [3.05, 3.63) is 78.4 Å². The fraction of sp³-hybridized carbons (Fsp3) is 0.160. The maximum Gasteiger partial charge on any atom is 0.323 e. The summed E-state index contributed by atoms with van der Waals surface area (Å²) in [6, 6.07) is 20.1. The molecule has 0 radical (unpaired) electrons. The van der Waals surface area contributed by atoms with Gasteiger partial charge in [0.05, 0.1) is 11.4 Å². The normalized spacial score (nSPS) is 14.6. The van der Waals surface area contributed by atoms with Crippen LogP contribution in [0.25, 0.3) is 0 Å². The standard InChI is InChI=1S/C25H22N4O5/c30-23-14-29(20-9-5-4-8-18(20)27-23)25(32)28-19(12-16-6-2-1-3-7-16)24(31)26-17-10-11-21-22(13-17)34-15-33-21/h1-11,13,19H,12,14-15H2,(H,26,31)(H,27,30)(H,28,32)/t19-/m1/s1. The lowest BCUT2D eigenvalue weighted by molar-refractivity contribution is -0.118. The molecule has 5 rings (SSSR count). The second-order valence-corrected chi connectivity index (χ2v) is 7.90. The van der Waals surface area contributed by atoms with E-state index in [4.69, 9.17) is 9.47 Å². The number of para-hydroxylation sites is 2. The number of carbonyl (C=O) groups is 3. The fourth-order valence-corrected chi connectivity index (χ4v) is 3.90. The predicted octanol–water partition coefficient (Wildman–Crippen LogP) is 3.13. The molecule has 172 valence electrons. The Labute approximate surface area is 195 Å². The largest absolute Gasteiger partial charge is 0.454 e. The van der Waals surface area contributed by atoms with Crippen LogP contribution in [-0.2, 0) is 16.0 Å². The van der Waals surface area contributed by atoms with Gasteiger partial charge in [0.25, 0.3) is 0 Å². The third-order valence-corrected chi connectivity index (χ3v) is 5.55. The van der Waals surface area contributed by atoms with Crippen LogP contribution >= 0.6 is 0 Å². The highest BCUT2D eigenvalue weighted by molar-refractivity contribution is 6.10. The third-order valence-electron chi connectivity index (χ3n) is 5.55. The zero-order valence-electron chi connectivity index (χ0n) is 18.1. The van der Waals surface area contributed by atoms with Crippen molar-refractivity contribution < 1.29 is 23.9 Å². The van der Waals surface area contributed by atoms with Crippen molar-refractivity contribution in [1.29, 1.82) is 0 Å². The number of nitrogens with zero attached hydrogens (tertiary/aromatic N) is 1. The van der Waals surface area contributed by atoms with E-state index in [2.05, 4.69) is 16.0 Å². The van der Waals surface area contributed by atoms with Crippen molar-refractivity contribution in [1.82, 2.24) is 5.32 Å². The van der Waals surface area contributed by atoms with Crippen molar-refractivity contribution in [2.45, 2.75) is 12.5 Å². The van der Waals surface area contributed by atoms with E-state index in [1.54, 1.807) is 42.5 Å². The molecule has 34 heavy (non-hydrogen) atoms. The summed E-state index contributed by atoms with van der Waals surface area (Å²) in [7, 11) is 0. The lowest BCUT2D eigenvalue weighted by Gasteiger charge is -2.30. The highest BCUT2D eigenvalue weighted by Crippen LogP contribution is 2.34. The van der Waals surface area contributed by atoms with Crippen LogP contribution in [0.5, 0.6) is 11.5 Å². The second kappa shape index (κ2) is 9.14. The van der Waals surface area contributed by atoms with Crippen LogP contribution in [0.15, 0.2) is 72.8 Å². The van der Waals surface area contributed by atoms with E-state index in [0.29, 0.717) is 28.6 Å². The minimum absolute atomic E-state index is 0.129. The summed E-state index contributed by atoms with van der Waals surface area (Å²) in [5, 5.41) is 8.40. The molecule has 0 unspecified atom stereocenters. The molecule has 9 nitrogen and oxygen atoms in total. The average Bonchev–Trinajstić information content (AvgIpc) is 3.31. The van der Waals surface area contributed by atoms with E-state index >= 15 is 0 Å². The minimum Gasteiger partial charge on any atom is -0.454 e. The van der Waals surface area contributed by atoms with Gasteiger partial charge < -0.3 is 25.4 Å². The summed E-state index contributed by atoms with van der Waals surface area (Å²) in [6.07, 6.45) is 0.269. The Balaban J connectivity index is 1.37. The number of nitrogens with one attached hydrogen (secondary N) is 3. The first kappa shape index (κ1) is 21.3. The molecule has 0 saturated heterocycles. The molecule has 0 fully saturated rings. The van der Waals surface area contributed by atoms with Gasteiger partial charge in [-0.05, 0) is 29.8 Å². The van der Waals surface area contributed by atoms with Gasteiger partial charge in [-0.25, -0.2) is 4.79 Å². The molecular weight excluding hydrogens is 436 g/mol. The number of anilines is 3. The number of amides is 4. The van der Waals surface area contributed by atoms with Crippen molar-refractivity contribution >= 4 is 34.9 Å². The molecule has 3 aromatic rings. The van der Waals surface area contributed by atoms with E-state index in [-0.39, 0.29) is 25.7 Å². The number of hydrogen-bond donors (Lipinski definition) is 3. The van der Waals surface area contributed by atoms with Crippen LogP contribution < -0.4 is 30.3 Å². The summed E-state index contributed by atoms with van der Waals surface area (Å²) in [5.74, 6) is 0.440. The summed E-state index contributed by atoms with van der Waals surface area (Å²) in [5.41, 5.74) is 2.50. The predicted molar refractivity (Wildman–Crippen MR) is 126 cm³/mol. The Kier molecular flexibility index (Phi) is 5.73. The molecular formula is C25H22N4O5. The van der Waals surface area contributed by atoms with Crippen molar-refractivity contribution in [2.75, 3.05) is 28.9 Å². The van der Waals surface area contributed by atoms with Crippen molar-refractivity contribution in [2.24, 2.45) is 0 Å². The summed E-state index contributed by atoms with van der Waals surface area (Å²) in [4.78, 5) is 40.0. The molecule has 3 N–H and O–H groups in total. The van der Waals surface area contributed by atoms with Gasteiger partial charge in [0.2, 0.25) is 18.6 Å². The number of hydrogen-bond acceptors (Lipinski definition) is 5. The maximum atomic E-state index is 13.2. The van der Waals surface area contributed by atoms with Crippen LogP contribution in [0.4, 0.5) is 21.9 Å². The first-order valence-corrected chi connectivity index (χ1v) is 10.8. The van der Waals surface area contributed by atoms with Gasteiger partial charge in [0.1, 0.15) is 12.6 Å². The van der Waals surface area contributed by atoms with E-state index in [0.717, 1.165) is 5.56 Å². The van der Waals surface area contributed by atoms with E-state index in [1.807, 2.05) is 30.3 Å². The Morgan fingerprint density at radius 1 is 0.971 bits per heavy atom. The van der Waals surface area contributed by atoms with Crippen molar-refractivity contribution in [3.8, 4) is 11.5 Å². The van der Waals surface area contributed by atoms with Gasteiger partial charge in [-0.3, -0.25) is 14.5 Å². The number of urea groups is 1. The number of carbonyl (C=O) groups excluding carboxylic acids is 3. The first-order valence-electron chi connectivity index (χ1n) is 10.8. The molecule has 0 aromatic heterocycles. The number of benzene rings is 3. The maximum absolute atomic E-state index is 13.2. The molecule has 0 spiro atoms. The minimum atomic E-state index is -0.891. The van der Waals surface area contributed by atoms with Gasteiger partial charge in [0.15, 0.2) is 11.5 Å². The highest BCUT2D eigenvalue weighted by Gasteiger charge is 2.30. The lowest BCUT2D eigenvalue weighted by Crippen LogP contribution is -2.53. The van der Waals surface area contributed by atoms with Gasteiger partial charge >= 0.3 is 6.03 Å². The SMILES string of the molecule is O=C1CN(C(=O)N[C@H](Cc2ccccc2)C(=O)Nc2ccc3c(c2)OCO3)c2ccccc2N1. The molecule has 4 amide bonds. The smallest absolute Gasteiger partial charge is 0.323 e. The molecule has 0 bridgehead atoms. The fourth-order valence-electron chi connectivity index (χ4n) is 3.90. The Bertz CT molecular complexity index is 1250. The molecule has 2 heterocycles. The molecule has 2 aliphatic rings. The monoisotopic (exact) mass is 458 g/mol. The van der Waals surface area contributed by atoms with Gasteiger partial charge in [-0.2, -0.15) is 0 Å². The molecule has 0 aliphatic carbocycles. The number of ether oxygens (including phenoxy) is 2. The van der Waals surface area contributed by atoms with Gasteiger partial charge in [0, 0.05) is 18.2 Å². The zero-order valence-corrected chi connectivity index (χ0v) is 18.1. The topological polar surface area (TPSA) is 109 Å². The van der Waals surface area contributed by atoms with Crippen LogP contribution in [0.1, 0.15) is 5.56 Å². The number of fused-ring (bicyclic) bond motifs is 2. The van der Waals surface area contributed by atoms with Crippen LogP contribution in [0.2, 0.25) is 0 Å². The Hall–Kier alpha value is -4.53. The van der Waals surface area contributed by atoms with Gasteiger partial charge in [-0.1, -0.05) is 42.5 Å². The second-order valence-electron chi connectivity index (χ2n) is 7.90. The van der Waals surface area contributed by atoms with Crippen LogP contribution in [0, 0.1) is 0 Å². The summed E-state index contributed by atoms with van der Waals surface area (Å²) < 4.78 is 10.7. The molecule has 9 heteroatoms. The van der Waals surface area contributed by atoms with Crippen LogP contribution in [0.3, 0.4) is 0 Å². The summed E-state index contributed by atoms with van der Waals surface area (Å²) >= 11 is 0. The molecule has 0 saturated carbocycles. The number of rotatable bonds is 5. The van der Waals surface area contributed by atoms with E-state index in [9.17, 15) is 14.4 Å². The van der Waals surface area contributed by atoms with Crippen LogP contribution in [-0.4, -0.2) is 37.2 Å². The zero-order chi connectivity index (χ0) is 23.5.